The number of carbonyl (C=O) groups excluding carboxylic acids is 1. The second-order valence-corrected chi connectivity index (χ2v) is 6.42. The van der Waals surface area contributed by atoms with Crippen molar-refractivity contribution in [3.8, 4) is 0 Å². The van der Waals surface area contributed by atoms with Crippen molar-refractivity contribution in [1.29, 1.82) is 0 Å². The maximum Gasteiger partial charge on any atom is 0.348 e. The first kappa shape index (κ1) is 15.6. The minimum absolute atomic E-state index is 0.0287. The normalized spacial score (nSPS) is 38.0. The summed E-state index contributed by atoms with van der Waals surface area (Å²) < 4.78 is 0.559. The van der Waals surface area contributed by atoms with Crippen molar-refractivity contribution in [3.63, 3.8) is 0 Å². The van der Waals surface area contributed by atoms with Gasteiger partial charge in [0.1, 0.15) is 11.6 Å². The van der Waals surface area contributed by atoms with Gasteiger partial charge in [-0.15, -0.1) is 0 Å². The second-order valence-electron chi connectivity index (χ2n) is 6.42. The number of nitrogens with zero attached hydrogens (tertiary/aromatic N) is 3. The Morgan fingerprint density at radius 1 is 1.57 bits per heavy atom. The number of aliphatic hydroxyl groups is 2. The first-order valence-electron chi connectivity index (χ1n) is 7.30. The fourth-order valence-electron chi connectivity index (χ4n) is 4.13. The minimum atomic E-state index is -2.24. The Bertz CT molecular complexity index is 633. The summed E-state index contributed by atoms with van der Waals surface area (Å²) in [6.45, 7) is 1.74. The summed E-state index contributed by atoms with van der Waals surface area (Å²) in [5, 5.41) is 36.6. The van der Waals surface area contributed by atoms with Crippen LogP contribution < -0.4 is 22.5 Å². The van der Waals surface area contributed by atoms with Gasteiger partial charge in [0.05, 0.1) is 6.54 Å². The van der Waals surface area contributed by atoms with E-state index in [0.29, 0.717) is 4.74 Å². The Kier molecular flexibility index (Phi) is 2.98. The molecule has 11 heteroatoms. The van der Waals surface area contributed by atoms with Crippen molar-refractivity contribution in [3.05, 3.63) is 5.21 Å². The van der Waals surface area contributed by atoms with Crippen LogP contribution in [0.25, 0.3) is 0 Å². The number of nitrogens with one attached hydrogen (secondary N) is 1. The molecule has 1 amide bonds. The molecule has 0 aromatic carbocycles. The van der Waals surface area contributed by atoms with Gasteiger partial charge in [0.15, 0.2) is 5.96 Å². The smallest absolute Gasteiger partial charge is 0.348 e. The lowest BCUT2D eigenvalue weighted by atomic mass is 9.73. The average Bonchev–Trinajstić information content (AvgIpc) is 2.85. The van der Waals surface area contributed by atoms with Gasteiger partial charge in [0, 0.05) is 12.8 Å². The van der Waals surface area contributed by atoms with Crippen molar-refractivity contribution in [2.75, 3.05) is 6.54 Å². The van der Waals surface area contributed by atoms with Crippen LogP contribution in [-0.2, 0) is 4.79 Å². The van der Waals surface area contributed by atoms with E-state index in [2.05, 4.69) is 10.3 Å². The van der Waals surface area contributed by atoms with Gasteiger partial charge in [0.2, 0.25) is 11.7 Å². The molecule has 3 heterocycles. The lowest BCUT2D eigenvalue weighted by Gasteiger charge is -2.53. The maximum atomic E-state index is 12.6. The van der Waals surface area contributed by atoms with E-state index >= 15 is 0 Å². The molecule has 0 aromatic rings. The molecular formula is C12H21N7O4. The van der Waals surface area contributed by atoms with Gasteiger partial charge in [-0.1, -0.05) is 0 Å². The van der Waals surface area contributed by atoms with Crippen LogP contribution in [0.2, 0.25) is 0 Å². The summed E-state index contributed by atoms with van der Waals surface area (Å²) in [7, 11) is 0. The molecule has 1 saturated heterocycles. The molecule has 23 heavy (non-hydrogen) atoms. The van der Waals surface area contributed by atoms with Crippen molar-refractivity contribution < 1.29 is 19.7 Å². The number of hydrogen-bond acceptors (Lipinski definition) is 9. The quantitative estimate of drug-likeness (QED) is 0.173. The minimum Gasteiger partial charge on any atom is -0.744 e. The van der Waals surface area contributed by atoms with Crippen LogP contribution in [0.1, 0.15) is 26.2 Å². The van der Waals surface area contributed by atoms with Crippen LogP contribution >= 0.6 is 0 Å². The maximum absolute atomic E-state index is 12.6. The van der Waals surface area contributed by atoms with Crippen LogP contribution in [0.5, 0.6) is 0 Å². The first-order chi connectivity index (χ1) is 10.6. The van der Waals surface area contributed by atoms with E-state index < -0.39 is 28.9 Å². The predicted octanol–water partition coefficient (Wildman–Crippen LogP) is -3.78. The number of guanidine groups is 2. The highest BCUT2D eigenvalue weighted by Crippen LogP contribution is 2.51. The van der Waals surface area contributed by atoms with E-state index in [1.54, 1.807) is 6.92 Å². The molecule has 0 saturated carbocycles. The van der Waals surface area contributed by atoms with E-state index in [9.17, 15) is 20.2 Å². The van der Waals surface area contributed by atoms with E-state index in [4.69, 9.17) is 17.2 Å². The van der Waals surface area contributed by atoms with Crippen molar-refractivity contribution in [2.45, 2.75) is 49.2 Å². The van der Waals surface area contributed by atoms with E-state index in [-0.39, 0.29) is 37.7 Å². The van der Waals surface area contributed by atoms with Gasteiger partial charge in [-0.3, -0.25) is 15.3 Å². The summed E-state index contributed by atoms with van der Waals surface area (Å²) in [6.07, 6.45) is -0.0522. The molecule has 1 spiro atoms. The van der Waals surface area contributed by atoms with Gasteiger partial charge in [0.25, 0.3) is 5.66 Å². The topological polar surface area (TPSA) is 189 Å². The van der Waals surface area contributed by atoms with Crippen molar-refractivity contribution >= 4 is 17.8 Å². The van der Waals surface area contributed by atoms with Crippen molar-refractivity contribution in [2.24, 2.45) is 22.2 Å². The summed E-state index contributed by atoms with van der Waals surface area (Å²) in [4.78, 5) is 16.7. The Hall–Kier alpha value is -2.27. The van der Waals surface area contributed by atoms with Gasteiger partial charge in [-0.25, -0.2) is 9.89 Å². The number of rotatable bonds is 3. The zero-order valence-electron chi connectivity index (χ0n) is 12.7. The third-order valence-corrected chi connectivity index (χ3v) is 5.14. The van der Waals surface area contributed by atoms with Gasteiger partial charge in [-0.2, -0.15) is 0 Å². The molecule has 3 aliphatic rings. The lowest BCUT2D eigenvalue weighted by molar-refractivity contribution is -0.538. The highest BCUT2D eigenvalue weighted by Gasteiger charge is 2.78. The summed E-state index contributed by atoms with van der Waals surface area (Å²) in [5.41, 5.74) is 14.0. The van der Waals surface area contributed by atoms with Gasteiger partial charge >= 0.3 is 5.96 Å². The van der Waals surface area contributed by atoms with E-state index in [0.717, 1.165) is 0 Å². The standard InChI is InChI=1S/C12H21N7O4/c1-10-6(2-3-7(13)20)19(23)9(15)18-5-4-11(21,22)12(10,18)17-8(14)16-10/h6,21-22H,2-5,15H2,1H3,(H2,13,20)(H3,14,16,17)/t6-,10?,12?/m0/s1. The van der Waals surface area contributed by atoms with Crippen LogP contribution in [0.15, 0.2) is 4.99 Å². The SMILES string of the molecule is CC12NC(N)=NC13N(CCC3(O)O)C(N)=[N+]([O-])[C@H]2CCC(N)=O. The third kappa shape index (κ3) is 1.68. The molecule has 1 fully saturated rings. The van der Waals surface area contributed by atoms with Crippen LogP contribution in [0, 0.1) is 5.21 Å². The highest BCUT2D eigenvalue weighted by molar-refractivity contribution is 5.85. The fraction of sp³-hybridized carbons (Fsp3) is 0.750. The molecule has 3 rings (SSSR count). The molecular weight excluding hydrogens is 306 g/mol. The number of carbonyl (C=O) groups is 1. The number of nitrogens with two attached hydrogens (primary N) is 3. The number of hydrogen-bond donors (Lipinski definition) is 6. The largest absolute Gasteiger partial charge is 0.744 e. The van der Waals surface area contributed by atoms with Crippen molar-refractivity contribution in [1.82, 2.24) is 10.2 Å². The monoisotopic (exact) mass is 327 g/mol. The molecule has 0 bridgehead atoms. The van der Waals surface area contributed by atoms with Crippen LogP contribution in [-0.4, -0.2) is 67.3 Å². The number of aliphatic imine (C=N–C) groups is 1. The fourth-order valence-corrected chi connectivity index (χ4v) is 4.13. The van der Waals surface area contributed by atoms with E-state index in [1.807, 2.05) is 0 Å². The zero-order chi connectivity index (χ0) is 17.2. The Morgan fingerprint density at radius 3 is 2.83 bits per heavy atom. The molecule has 3 aliphatic heterocycles. The Morgan fingerprint density at radius 2 is 2.22 bits per heavy atom. The second kappa shape index (κ2) is 4.38. The summed E-state index contributed by atoms with van der Waals surface area (Å²) in [5.74, 6) is -3.04. The first-order valence-corrected chi connectivity index (χ1v) is 7.30. The van der Waals surface area contributed by atoms with Crippen LogP contribution in [0.4, 0.5) is 0 Å². The molecule has 3 atom stereocenters. The third-order valence-electron chi connectivity index (χ3n) is 5.14. The molecule has 0 aromatic heterocycles. The molecule has 2 unspecified atom stereocenters. The highest BCUT2D eigenvalue weighted by atomic mass is 16.5. The summed E-state index contributed by atoms with van der Waals surface area (Å²) in [6, 6.07) is -0.909. The predicted molar refractivity (Wildman–Crippen MR) is 79.4 cm³/mol. The molecule has 9 N–H and O–H groups in total. The Balaban J connectivity index is 2.17. The molecule has 11 nitrogen and oxygen atoms in total. The van der Waals surface area contributed by atoms with Gasteiger partial charge < -0.3 is 32.2 Å². The molecule has 128 valence electrons. The number of amides is 1. The zero-order valence-corrected chi connectivity index (χ0v) is 12.7. The number of hydroxylamine groups is 1. The Labute approximate surface area is 132 Å². The summed E-state index contributed by atoms with van der Waals surface area (Å²) >= 11 is 0. The number of primary amides is 1. The van der Waals surface area contributed by atoms with Crippen LogP contribution in [0.3, 0.4) is 0 Å². The molecule has 0 radical (unpaired) electrons. The lowest BCUT2D eigenvalue weighted by Crippen LogP contribution is -2.81. The van der Waals surface area contributed by atoms with E-state index in [1.165, 1.54) is 4.90 Å². The molecule has 0 aliphatic carbocycles. The van der Waals surface area contributed by atoms with Gasteiger partial charge in [-0.05, 0) is 13.3 Å². The average molecular weight is 327 g/mol.